The topological polar surface area (TPSA) is 162 Å². The highest BCUT2D eigenvalue weighted by molar-refractivity contribution is 7.52. The number of esters is 1. The van der Waals surface area contributed by atoms with Gasteiger partial charge in [0.2, 0.25) is 17.8 Å². The van der Waals surface area contributed by atoms with Crippen molar-refractivity contribution in [2.75, 3.05) is 38.0 Å². The molecule has 3 aromatic rings. The zero-order valence-corrected chi connectivity index (χ0v) is 25.3. The first-order chi connectivity index (χ1) is 19.8. The van der Waals surface area contributed by atoms with Gasteiger partial charge in [-0.2, -0.15) is 15.1 Å². The molecule has 4 rings (SSSR count). The SMILES string of the molecule is CNc1nc(N(C)C)c2ncn([C@@H]3OC(COP(=O)(N[C@@H](C)C(=O)OC(C)C)Oc4ccccc4)=C(O)[C@@]3(C)F)c2n1. The van der Waals surface area contributed by atoms with Crippen LogP contribution in [0, 0.1) is 0 Å². The van der Waals surface area contributed by atoms with Crippen LogP contribution < -0.4 is 19.8 Å². The lowest BCUT2D eigenvalue weighted by atomic mass is 10.1. The standard InChI is InChI=1S/C26H35FN7O7P/c1-15(2)39-23(36)16(3)32-42(37,41-17-11-9-8-10-12-17)38-13-18-20(35)26(4,27)24(40-18)34-14-29-19-21(33(6)7)30-25(28-5)31-22(19)34/h8-12,14-16,24,35H,13H2,1-7H3,(H,32,37)(H,28,30,31)/t16-,24+,26+,42?/m0/s1. The average Bonchev–Trinajstić information content (AvgIpc) is 3.44. The summed E-state index contributed by atoms with van der Waals surface area (Å²) < 4.78 is 53.4. The predicted molar refractivity (Wildman–Crippen MR) is 153 cm³/mol. The second-order valence-electron chi connectivity index (χ2n) is 10.2. The van der Waals surface area contributed by atoms with Gasteiger partial charge >= 0.3 is 13.7 Å². The van der Waals surface area contributed by atoms with Gasteiger partial charge in [-0.3, -0.25) is 13.9 Å². The molecule has 0 saturated carbocycles. The molecule has 0 aliphatic carbocycles. The Bertz CT molecular complexity index is 1510. The number of rotatable bonds is 12. The molecule has 3 N–H and O–H groups in total. The van der Waals surface area contributed by atoms with Crippen LogP contribution in [0.2, 0.25) is 0 Å². The van der Waals surface area contributed by atoms with Crippen molar-refractivity contribution < 1.29 is 37.4 Å². The first-order valence-electron chi connectivity index (χ1n) is 13.1. The Kier molecular flexibility index (Phi) is 8.95. The van der Waals surface area contributed by atoms with Crippen LogP contribution in [-0.2, 0) is 23.4 Å². The summed E-state index contributed by atoms with van der Waals surface area (Å²) in [6, 6.07) is 7.03. The summed E-state index contributed by atoms with van der Waals surface area (Å²) in [6.45, 7) is 5.24. The maximum atomic E-state index is 16.1. The van der Waals surface area contributed by atoms with Gasteiger partial charge in [-0.15, -0.1) is 0 Å². The number of aliphatic hydroxyl groups is 1. The van der Waals surface area contributed by atoms with Crippen molar-refractivity contribution in [3.05, 3.63) is 48.2 Å². The monoisotopic (exact) mass is 607 g/mol. The quantitative estimate of drug-likeness (QED) is 0.200. The summed E-state index contributed by atoms with van der Waals surface area (Å²) in [5.74, 6) is -0.867. The summed E-state index contributed by atoms with van der Waals surface area (Å²) in [5, 5.41) is 16.2. The number of hydrogen-bond donors (Lipinski definition) is 3. The summed E-state index contributed by atoms with van der Waals surface area (Å²) in [5.41, 5.74) is -1.82. The van der Waals surface area contributed by atoms with E-state index in [1.54, 1.807) is 70.2 Å². The molecule has 0 radical (unpaired) electrons. The lowest BCUT2D eigenvalue weighted by molar-refractivity contribution is -0.149. The largest absolute Gasteiger partial charge is 0.506 e. The third-order valence-corrected chi connectivity index (χ3v) is 7.76. The fraction of sp³-hybridized carbons (Fsp3) is 0.462. The molecule has 0 saturated heterocycles. The van der Waals surface area contributed by atoms with Gasteiger partial charge in [0.15, 0.2) is 28.5 Å². The molecular formula is C26H35FN7O7P. The van der Waals surface area contributed by atoms with Crippen LogP contribution in [0.4, 0.5) is 16.2 Å². The Labute approximate surface area is 242 Å². The van der Waals surface area contributed by atoms with E-state index < -0.39 is 50.1 Å². The van der Waals surface area contributed by atoms with Crippen LogP contribution in [0.3, 0.4) is 0 Å². The maximum Gasteiger partial charge on any atom is 0.459 e. The number of hydrogen-bond acceptors (Lipinski definition) is 12. The van der Waals surface area contributed by atoms with E-state index in [2.05, 4.69) is 25.4 Å². The molecule has 3 heterocycles. The second kappa shape index (κ2) is 12.1. The van der Waals surface area contributed by atoms with E-state index in [4.69, 9.17) is 18.5 Å². The Morgan fingerprint density at radius 3 is 2.57 bits per heavy atom. The lowest BCUT2D eigenvalue weighted by Gasteiger charge is -2.24. The molecule has 4 atom stereocenters. The number of fused-ring (bicyclic) bond motifs is 1. The number of aromatic nitrogens is 4. The molecule has 0 fully saturated rings. The van der Waals surface area contributed by atoms with E-state index in [-0.39, 0.29) is 23.1 Å². The van der Waals surface area contributed by atoms with Crippen LogP contribution in [-0.4, -0.2) is 76.2 Å². The molecule has 2 aromatic heterocycles. The minimum absolute atomic E-state index is 0.179. The number of carbonyl (C=O) groups is 1. The van der Waals surface area contributed by atoms with E-state index in [1.807, 2.05) is 0 Å². The van der Waals surface area contributed by atoms with Crippen LogP contribution in [0.1, 0.15) is 33.9 Å². The number of para-hydroxylation sites is 1. The number of halogens is 1. The molecule has 1 aromatic carbocycles. The van der Waals surface area contributed by atoms with Crippen molar-refractivity contribution in [1.29, 1.82) is 0 Å². The molecular weight excluding hydrogens is 572 g/mol. The molecule has 42 heavy (non-hydrogen) atoms. The van der Waals surface area contributed by atoms with Crippen molar-refractivity contribution in [3.8, 4) is 5.75 Å². The molecule has 0 amide bonds. The number of nitrogens with zero attached hydrogens (tertiary/aromatic N) is 5. The van der Waals surface area contributed by atoms with E-state index in [1.165, 1.54) is 17.8 Å². The minimum atomic E-state index is -4.31. The number of imidazole rings is 1. The Morgan fingerprint density at radius 2 is 1.95 bits per heavy atom. The summed E-state index contributed by atoms with van der Waals surface area (Å²) in [7, 11) is 0.886. The number of ether oxygens (including phenoxy) is 2. The van der Waals surface area contributed by atoms with Crippen molar-refractivity contribution in [2.45, 2.75) is 51.7 Å². The van der Waals surface area contributed by atoms with Gasteiger partial charge in [-0.05, 0) is 39.8 Å². The fourth-order valence-corrected chi connectivity index (χ4v) is 5.53. The molecule has 1 aliphatic heterocycles. The number of alkyl halides is 1. The average molecular weight is 608 g/mol. The van der Waals surface area contributed by atoms with E-state index in [0.717, 1.165) is 6.92 Å². The second-order valence-corrected chi connectivity index (χ2v) is 11.9. The number of benzene rings is 1. The molecule has 1 unspecified atom stereocenters. The highest BCUT2D eigenvalue weighted by Crippen LogP contribution is 2.49. The van der Waals surface area contributed by atoms with Crippen LogP contribution in [0.25, 0.3) is 11.2 Å². The predicted octanol–water partition coefficient (Wildman–Crippen LogP) is 4.09. The van der Waals surface area contributed by atoms with Gasteiger partial charge in [0.05, 0.1) is 6.10 Å². The van der Waals surface area contributed by atoms with Gasteiger partial charge in [0.1, 0.15) is 24.7 Å². The Morgan fingerprint density at radius 1 is 1.26 bits per heavy atom. The number of nitrogens with one attached hydrogen (secondary N) is 2. The van der Waals surface area contributed by atoms with E-state index in [9.17, 15) is 14.5 Å². The summed E-state index contributed by atoms with van der Waals surface area (Å²) >= 11 is 0. The van der Waals surface area contributed by atoms with Crippen molar-refractivity contribution in [2.24, 2.45) is 0 Å². The zero-order valence-electron chi connectivity index (χ0n) is 24.4. The van der Waals surface area contributed by atoms with Gasteiger partial charge < -0.3 is 29.3 Å². The Hall–Kier alpha value is -3.94. The zero-order chi connectivity index (χ0) is 30.8. The third kappa shape index (κ3) is 6.42. The smallest absolute Gasteiger partial charge is 0.459 e. The van der Waals surface area contributed by atoms with Crippen LogP contribution in [0.5, 0.6) is 5.75 Å². The molecule has 0 spiro atoms. The first-order valence-corrected chi connectivity index (χ1v) is 14.6. The van der Waals surface area contributed by atoms with E-state index >= 15 is 4.39 Å². The molecule has 16 heteroatoms. The van der Waals surface area contributed by atoms with Crippen molar-refractivity contribution in [3.63, 3.8) is 0 Å². The highest BCUT2D eigenvalue weighted by atomic mass is 31.2. The van der Waals surface area contributed by atoms with Crippen LogP contribution in [0.15, 0.2) is 48.2 Å². The lowest BCUT2D eigenvalue weighted by Crippen LogP contribution is -2.36. The fourth-order valence-electron chi connectivity index (χ4n) is 4.09. The molecule has 0 bridgehead atoms. The number of anilines is 2. The number of aliphatic hydroxyl groups excluding tert-OH is 1. The molecule has 14 nitrogen and oxygen atoms in total. The van der Waals surface area contributed by atoms with E-state index in [0.29, 0.717) is 11.3 Å². The normalized spacial score (nSPS) is 20.7. The molecule has 1 aliphatic rings. The van der Waals surface area contributed by atoms with Gasteiger partial charge in [-0.25, -0.2) is 13.9 Å². The van der Waals surface area contributed by atoms with Gasteiger partial charge in [0.25, 0.3) is 0 Å². The highest BCUT2D eigenvalue weighted by Gasteiger charge is 2.51. The number of carbonyl (C=O) groups excluding carboxylic acids is 1. The van der Waals surface area contributed by atoms with Gasteiger partial charge in [0, 0.05) is 21.1 Å². The Balaban J connectivity index is 1.60. The minimum Gasteiger partial charge on any atom is -0.506 e. The van der Waals surface area contributed by atoms with Crippen LogP contribution >= 0.6 is 7.75 Å². The van der Waals surface area contributed by atoms with Crippen molar-refractivity contribution >= 4 is 36.6 Å². The summed E-state index contributed by atoms with van der Waals surface area (Å²) in [6.07, 6.45) is -0.524. The summed E-state index contributed by atoms with van der Waals surface area (Å²) in [4.78, 5) is 27.3. The maximum absolute atomic E-state index is 16.1. The van der Waals surface area contributed by atoms with Crippen molar-refractivity contribution in [1.82, 2.24) is 24.6 Å². The molecule has 228 valence electrons. The third-order valence-electron chi connectivity index (χ3n) is 6.14. The van der Waals surface area contributed by atoms with Gasteiger partial charge in [-0.1, -0.05) is 18.2 Å². The first kappa shape index (κ1) is 31.0.